The maximum absolute atomic E-state index is 8.83. The summed E-state index contributed by atoms with van der Waals surface area (Å²) in [6.45, 7) is 2.94. The molecule has 0 heterocycles. The first kappa shape index (κ1) is 9.35. The summed E-state index contributed by atoms with van der Waals surface area (Å²) in [4.78, 5) is 8.83. The standard InChI is InChI=1S/C5H16O2Si2/c1-2-3-4-5-7-9(6)8/h6,9H,2-5H2,1,8H3. The molecule has 0 saturated heterocycles. The summed E-state index contributed by atoms with van der Waals surface area (Å²) in [7, 11) is -0.715. The van der Waals surface area contributed by atoms with Gasteiger partial charge in [-0.2, -0.15) is 0 Å². The molecule has 0 saturated carbocycles. The molecular formula is C5H16O2Si2. The van der Waals surface area contributed by atoms with Crippen molar-refractivity contribution in [2.45, 2.75) is 26.2 Å². The minimum atomic E-state index is -1.57. The lowest BCUT2D eigenvalue weighted by Crippen LogP contribution is -2.18. The van der Waals surface area contributed by atoms with Crippen molar-refractivity contribution in [2.75, 3.05) is 6.61 Å². The van der Waals surface area contributed by atoms with Gasteiger partial charge in [-0.1, -0.05) is 19.8 Å². The molecule has 4 heteroatoms. The fraction of sp³-hybridized carbons (Fsp3) is 1.00. The minimum absolute atomic E-state index is 0.782. The van der Waals surface area contributed by atoms with E-state index in [1.807, 2.05) is 0 Å². The molecular weight excluding hydrogens is 148 g/mol. The molecule has 0 aliphatic heterocycles. The van der Waals surface area contributed by atoms with Crippen molar-refractivity contribution < 1.29 is 9.22 Å². The zero-order valence-corrected chi connectivity index (χ0v) is 9.42. The molecule has 0 aromatic carbocycles. The van der Waals surface area contributed by atoms with Crippen LogP contribution in [-0.4, -0.2) is 30.0 Å². The SMILES string of the molecule is CCCCCO[SiH](O)[SiH3]. The van der Waals surface area contributed by atoms with Gasteiger partial charge < -0.3 is 9.22 Å². The Morgan fingerprint density at radius 3 is 2.67 bits per heavy atom. The first-order valence-electron chi connectivity index (χ1n) is 3.57. The van der Waals surface area contributed by atoms with E-state index in [4.69, 9.17) is 9.22 Å². The van der Waals surface area contributed by atoms with Crippen LogP contribution in [0.5, 0.6) is 0 Å². The number of rotatable bonds is 5. The molecule has 0 rings (SSSR count). The molecule has 0 spiro atoms. The van der Waals surface area contributed by atoms with Crippen molar-refractivity contribution in [2.24, 2.45) is 0 Å². The largest absolute Gasteiger partial charge is 0.416 e. The van der Waals surface area contributed by atoms with Crippen molar-refractivity contribution in [3.63, 3.8) is 0 Å². The van der Waals surface area contributed by atoms with E-state index in [9.17, 15) is 0 Å². The second-order valence-electron chi connectivity index (χ2n) is 2.18. The Morgan fingerprint density at radius 1 is 1.56 bits per heavy atom. The Labute approximate surface area is 61.3 Å². The van der Waals surface area contributed by atoms with Gasteiger partial charge in [0, 0.05) is 6.61 Å². The fourth-order valence-electron chi connectivity index (χ4n) is 0.606. The van der Waals surface area contributed by atoms with Crippen LogP contribution in [0, 0.1) is 0 Å². The normalized spacial score (nSPS) is 14.0. The lowest BCUT2D eigenvalue weighted by Gasteiger charge is -2.03. The minimum Gasteiger partial charge on any atom is -0.416 e. The Bertz CT molecular complexity index is 58.9. The van der Waals surface area contributed by atoms with Gasteiger partial charge in [0.05, 0.1) is 9.76 Å². The zero-order valence-electron chi connectivity index (χ0n) is 6.26. The lowest BCUT2D eigenvalue weighted by atomic mass is 10.3. The molecule has 1 atom stereocenters. The maximum Gasteiger partial charge on any atom is 0.285 e. The summed E-state index contributed by atoms with van der Waals surface area (Å²) < 4.78 is 5.10. The van der Waals surface area contributed by atoms with Crippen LogP contribution >= 0.6 is 0 Å². The van der Waals surface area contributed by atoms with E-state index < -0.39 is 8.80 Å². The van der Waals surface area contributed by atoms with E-state index in [1.54, 1.807) is 0 Å². The zero-order chi connectivity index (χ0) is 7.11. The van der Waals surface area contributed by atoms with Crippen LogP contribution in [0.3, 0.4) is 0 Å². The molecule has 2 nitrogen and oxygen atoms in total. The van der Waals surface area contributed by atoms with Crippen LogP contribution in [0.1, 0.15) is 26.2 Å². The highest BCUT2D eigenvalue weighted by molar-refractivity contribution is 6.94. The molecule has 0 aliphatic carbocycles. The van der Waals surface area contributed by atoms with Gasteiger partial charge in [-0.15, -0.1) is 0 Å². The van der Waals surface area contributed by atoms with Gasteiger partial charge >= 0.3 is 0 Å². The summed E-state index contributed by atoms with van der Waals surface area (Å²) in [5.74, 6) is 0. The number of hydrogen-bond acceptors (Lipinski definition) is 2. The van der Waals surface area contributed by atoms with Crippen molar-refractivity contribution >= 4 is 18.6 Å². The third kappa shape index (κ3) is 8.35. The first-order valence-corrected chi connectivity index (χ1v) is 9.17. The van der Waals surface area contributed by atoms with E-state index in [-0.39, 0.29) is 0 Å². The molecule has 9 heavy (non-hydrogen) atoms. The molecule has 1 unspecified atom stereocenters. The summed E-state index contributed by atoms with van der Waals surface area (Å²) in [6.07, 6.45) is 3.56. The van der Waals surface area contributed by atoms with Gasteiger partial charge in [-0.05, 0) is 6.42 Å². The molecule has 0 bridgehead atoms. The Kier molecular flexibility index (Phi) is 6.73. The van der Waals surface area contributed by atoms with Gasteiger partial charge in [0.25, 0.3) is 8.80 Å². The van der Waals surface area contributed by atoms with Crippen molar-refractivity contribution in [1.29, 1.82) is 0 Å². The number of hydrogen-bond donors (Lipinski definition) is 1. The highest BCUT2D eigenvalue weighted by Crippen LogP contribution is 1.93. The highest BCUT2D eigenvalue weighted by atomic mass is 29.2. The summed E-state index contributed by atoms with van der Waals surface area (Å²) in [5, 5.41) is 0. The Morgan fingerprint density at radius 2 is 2.22 bits per heavy atom. The van der Waals surface area contributed by atoms with Crippen molar-refractivity contribution in [3.05, 3.63) is 0 Å². The maximum atomic E-state index is 8.83. The molecule has 56 valence electrons. The molecule has 0 amide bonds. The van der Waals surface area contributed by atoms with Gasteiger partial charge in [0.15, 0.2) is 0 Å². The molecule has 1 N–H and O–H groups in total. The van der Waals surface area contributed by atoms with Crippen molar-refractivity contribution in [1.82, 2.24) is 0 Å². The predicted octanol–water partition coefficient (Wildman–Crippen LogP) is -0.732. The fourth-order valence-corrected chi connectivity index (χ4v) is 1.82. The van der Waals surface area contributed by atoms with E-state index >= 15 is 0 Å². The predicted molar refractivity (Wildman–Crippen MR) is 44.8 cm³/mol. The molecule has 0 aromatic rings. The monoisotopic (exact) mass is 164 g/mol. The van der Waals surface area contributed by atoms with Gasteiger partial charge in [-0.25, -0.2) is 0 Å². The van der Waals surface area contributed by atoms with Crippen LogP contribution < -0.4 is 0 Å². The average molecular weight is 164 g/mol. The van der Waals surface area contributed by atoms with E-state index in [1.165, 1.54) is 12.8 Å². The second-order valence-corrected chi connectivity index (χ2v) is 6.67. The van der Waals surface area contributed by atoms with Crippen molar-refractivity contribution in [3.8, 4) is 0 Å². The summed E-state index contributed by atoms with van der Waals surface area (Å²) >= 11 is 0. The van der Waals surface area contributed by atoms with Crippen LogP contribution in [0.25, 0.3) is 0 Å². The molecule has 0 fully saturated rings. The topological polar surface area (TPSA) is 29.5 Å². The van der Waals surface area contributed by atoms with Crippen LogP contribution in [0.2, 0.25) is 0 Å². The quantitative estimate of drug-likeness (QED) is 0.429. The smallest absolute Gasteiger partial charge is 0.285 e. The number of unbranched alkanes of at least 4 members (excludes halogenated alkanes) is 2. The van der Waals surface area contributed by atoms with E-state index in [0.29, 0.717) is 0 Å². The summed E-state index contributed by atoms with van der Waals surface area (Å²) in [6, 6.07) is 0. The lowest BCUT2D eigenvalue weighted by molar-refractivity contribution is 0.268. The second kappa shape index (κ2) is 6.47. The van der Waals surface area contributed by atoms with Gasteiger partial charge in [0.2, 0.25) is 0 Å². The molecule has 0 aliphatic rings. The van der Waals surface area contributed by atoms with E-state index in [2.05, 4.69) is 6.92 Å². The van der Waals surface area contributed by atoms with Crippen LogP contribution in [0.4, 0.5) is 0 Å². The first-order chi connectivity index (χ1) is 4.27. The molecule has 0 aromatic heterocycles. The van der Waals surface area contributed by atoms with Gasteiger partial charge in [-0.3, -0.25) is 0 Å². The summed E-state index contributed by atoms with van der Waals surface area (Å²) in [5.41, 5.74) is 0. The van der Waals surface area contributed by atoms with Crippen LogP contribution in [0.15, 0.2) is 0 Å². The molecule has 0 radical (unpaired) electrons. The Balaban J connectivity index is 2.75. The Hall–Kier alpha value is 0.354. The third-order valence-corrected chi connectivity index (χ3v) is 2.83. The highest BCUT2D eigenvalue weighted by Gasteiger charge is 1.95. The average Bonchev–Trinajstić information content (AvgIpc) is 1.80. The van der Waals surface area contributed by atoms with Crippen LogP contribution in [-0.2, 0) is 4.43 Å². The third-order valence-electron chi connectivity index (χ3n) is 1.11. The van der Waals surface area contributed by atoms with E-state index in [0.717, 1.165) is 22.8 Å². The van der Waals surface area contributed by atoms with Gasteiger partial charge in [0.1, 0.15) is 0 Å².